The highest BCUT2D eigenvalue weighted by Gasteiger charge is 2.22. The van der Waals surface area contributed by atoms with Gasteiger partial charge in [-0.05, 0) is 62.8 Å². The highest BCUT2D eigenvalue weighted by Crippen LogP contribution is 2.34. The number of hydroxylamine groups is 1. The van der Waals surface area contributed by atoms with E-state index in [0.29, 0.717) is 10.2 Å². The number of carbonyl (C=O) groups excluding carboxylic acids is 1. The van der Waals surface area contributed by atoms with Crippen LogP contribution in [0.3, 0.4) is 0 Å². The van der Waals surface area contributed by atoms with E-state index in [4.69, 9.17) is 16.8 Å². The van der Waals surface area contributed by atoms with E-state index in [-0.39, 0.29) is 5.56 Å². The van der Waals surface area contributed by atoms with Crippen molar-refractivity contribution in [2.75, 3.05) is 5.32 Å². The first kappa shape index (κ1) is 17.4. The molecule has 0 aliphatic carbocycles. The van der Waals surface area contributed by atoms with E-state index in [0.717, 1.165) is 9.64 Å². The zero-order chi connectivity index (χ0) is 16.4. The SMILES string of the molecule is O=C(NO)c1cc(Cl)c(F)c(F)c1Nc1ccc(I)cc1Br. The normalized spacial score (nSPS) is 10.5. The van der Waals surface area contributed by atoms with Gasteiger partial charge in [-0.15, -0.1) is 0 Å². The molecule has 0 aliphatic heterocycles. The van der Waals surface area contributed by atoms with Crippen LogP contribution in [0.15, 0.2) is 28.7 Å². The number of carbonyl (C=O) groups is 1. The van der Waals surface area contributed by atoms with Crippen molar-refractivity contribution in [3.8, 4) is 0 Å². The van der Waals surface area contributed by atoms with Gasteiger partial charge in [0.05, 0.1) is 22.0 Å². The fourth-order valence-corrected chi connectivity index (χ4v) is 3.27. The van der Waals surface area contributed by atoms with Crippen LogP contribution in [0.25, 0.3) is 0 Å². The van der Waals surface area contributed by atoms with Crippen LogP contribution in [0.2, 0.25) is 5.02 Å². The van der Waals surface area contributed by atoms with Crippen molar-refractivity contribution in [2.45, 2.75) is 0 Å². The van der Waals surface area contributed by atoms with E-state index in [9.17, 15) is 13.6 Å². The summed E-state index contributed by atoms with van der Waals surface area (Å²) in [7, 11) is 0. The number of benzene rings is 2. The Morgan fingerprint density at radius 2 is 1.95 bits per heavy atom. The third-order valence-corrected chi connectivity index (χ3v) is 4.30. The molecule has 0 aromatic heterocycles. The van der Waals surface area contributed by atoms with Gasteiger partial charge in [0.15, 0.2) is 11.6 Å². The van der Waals surface area contributed by atoms with Gasteiger partial charge in [-0.1, -0.05) is 11.6 Å². The minimum absolute atomic E-state index is 0.336. The molecule has 2 aromatic rings. The minimum atomic E-state index is -1.32. The first-order chi connectivity index (χ1) is 10.3. The van der Waals surface area contributed by atoms with Crippen LogP contribution in [-0.2, 0) is 0 Å². The Hall–Kier alpha value is -0.970. The zero-order valence-electron chi connectivity index (χ0n) is 10.6. The van der Waals surface area contributed by atoms with Crippen molar-refractivity contribution in [3.63, 3.8) is 0 Å². The standard InChI is InChI=1S/C13H7BrClF2IN2O2/c14-7-3-5(18)1-2-9(7)19-12-6(13(21)20-22)4-8(15)10(16)11(12)17/h1-4,19,22H,(H,20,21). The monoisotopic (exact) mass is 502 g/mol. The summed E-state index contributed by atoms with van der Waals surface area (Å²) in [5, 5.41) is 10.8. The largest absolute Gasteiger partial charge is 0.351 e. The Balaban J connectivity index is 2.58. The van der Waals surface area contributed by atoms with Crippen molar-refractivity contribution in [1.29, 1.82) is 0 Å². The predicted molar refractivity (Wildman–Crippen MR) is 90.8 cm³/mol. The number of nitrogens with one attached hydrogen (secondary N) is 2. The Morgan fingerprint density at radius 1 is 1.27 bits per heavy atom. The molecule has 2 rings (SSSR count). The molecule has 0 bridgehead atoms. The Bertz CT molecular complexity index is 761. The van der Waals surface area contributed by atoms with Crippen LogP contribution in [0.5, 0.6) is 0 Å². The average Bonchev–Trinajstić information content (AvgIpc) is 2.49. The maximum absolute atomic E-state index is 14.1. The highest BCUT2D eigenvalue weighted by molar-refractivity contribution is 14.1. The number of amides is 1. The summed E-state index contributed by atoms with van der Waals surface area (Å²) in [5.74, 6) is -3.64. The van der Waals surface area contributed by atoms with Gasteiger partial charge in [0, 0.05) is 8.04 Å². The lowest BCUT2D eigenvalue weighted by Crippen LogP contribution is -2.21. The fourth-order valence-electron chi connectivity index (χ4n) is 1.68. The molecule has 22 heavy (non-hydrogen) atoms. The van der Waals surface area contributed by atoms with Gasteiger partial charge < -0.3 is 5.32 Å². The summed E-state index contributed by atoms with van der Waals surface area (Å²) in [6.07, 6.45) is 0. The molecule has 9 heteroatoms. The predicted octanol–water partition coefficient (Wildman–Crippen LogP) is 4.85. The maximum Gasteiger partial charge on any atom is 0.276 e. The lowest BCUT2D eigenvalue weighted by molar-refractivity contribution is 0.0707. The third kappa shape index (κ3) is 3.50. The number of hydrogen-bond donors (Lipinski definition) is 3. The second kappa shape index (κ2) is 7.07. The second-order valence-corrected chi connectivity index (χ2v) is 6.61. The van der Waals surface area contributed by atoms with Gasteiger partial charge in [0.25, 0.3) is 5.91 Å². The highest BCUT2D eigenvalue weighted by atomic mass is 127. The molecule has 0 saturated heterocycles. The van der Waals surface area contributed by atoms with E-state index >= 15 is 0 Å². The van der Waals surface area contributed by atoms with E-state index < -0.39 is 28.3 Å². The number of hydrogen-bond acceptors (Lipinski definition) is 3. The van der Waals surface area contributed by atoms with Crippen molar-refractivity contribution >= 4 is 67.4 Å². The molecule has 0 atom stereocenters. The average molecular weight is 503 g/mol. The van der Waals surface area contributed by atoms with Crippen LogP contribution in [0.1, 0.15) is 10.4 Å². The topological polar surface area (TPSA) is 61.4 Å². The molecule has 3 N–H and O–H groups in total. The molecule has 4 nitrogen and oxygen atoms in total. The molecule has 0 unspecified atom stereocenters. The summed E-state index contributed by atoms with van der Waals surface area (Å²) in [6, 6.07) is 6.04. The molecule has 0 saturated carbocycles. The third-order valence-electron chi connectivity index (χ3n) is 2.70. The maximum atomic E-state index is 14.1. The second-order valence-electron chi connectivity index (χ2n) is 4.10. The number of rotatable bonds is 3. The molecule has 0 fully saturated rings. The molecule has 2 aromatic carbocycles. The number of halogens is 5. The van der Waals surface area contributed by atoms with E-state index in [1.807, 2.05) is 0 Å². The van der Waals surface area contributed by atoms with Crippen molar-refractivity contribution in [2.24, 2.45) is 0 Å². The lowest BCUT2D eigenvalue weighted by atomic mass is 10.1. The van der Waals surface area contributed by atoms with Crippen LogP contribution in [0.4, 0.5) is 20.2 Å². The molecule has 0 spiro atoms. The first-order valence-corrected chi connectivity index (χ1v) is 7.94. The Kier molecular flexibility index (Phi) is 5.59. The number of anilines is 2. The van der Waals surface area contributed by atoms with Crippen LogP contribution >= 0.6 is 50.1 Å². The van der Waals surface area contributed by atoms with Crippen molar-refractivity contribution in [3.05, 3.63) is 54.5 Å². The summed E-state index contributed by atoms with van der Waals surface area (Å²) in [4.78, 5) is 11.6. The Labute approximate surface area is 151 Å². The van der Waals surface area contributed by atoms with Gasteiger partial charge in [0.1, 0.15) is 0 Å². The molecular weight excluding hydrogens is 496 g/mol. The van der Waals surface area contributed by atoms with Gasteiger partial charge in [-0.25, -0.2) is 14.3 Å². The van der Waals surface area contributed by atoms with Crippen molar-refractivity contribution in [1.82, 2.24) is 5.48 Å². The molecule has 1 amide bonds. The van der Waals surface area contributed by atoms with Gasteiger partial charge >= 0.3 is 0 Å². The smallest absolute Gasteiger partial charge is 0.276 e. The van der Waals surface area contributed by atoms with Gasteiger partial charge in [-0.3, -0.25) is 10.0 Å². The summed E-state index contributed by atoms with van der Waals surface area (Å²) in [6.45, 7) is 0. The van der Waals surface area contributed by atoms with E-state index in [1.165, 1.54) is 5.48 Å². The molecular formula is C13H7BrClF2IN2O2. The minimum Gasteiger partial charge on any atom is -0.351 e. The Morgan fingerprint density at radius 3 is 2.55 bits per heavy atom. The summed E-state index contributed by atoms with van der Waals surface area (Å²) < 4.78 is 29.3. The van der Waals surface area contributed by atoms with E-state index in [1.54, 1.807) is 18.2 Å². The molecule has 0 heterocycles. The first-order valence-electron chi connectivity index (χ1n) is 5.69. The van der Waals surface area contributed by atoms with Gasteiger partial charge in [-0.2, -0.15) is 0 Å². The molecule has 0 aliphatic rings. The summed E-state index contributed by atoms with van der Waals surface area (Å²) in [5.41, 5.74) is 1.00. The molecule has 0 radical (unpaired) electrons. The van der Waals surface area contributed by atoms with Crippen molar-refractivity contribution < 1.29 is 18.8 Å². The summed E-state index contributed by atoms with van der Waals surface area (Å²) >= 11 is 10.9. The van der Waals surface area contributed by atoms with Gasteiger partial charge in [0.2, 0.25) is 0 Å². The lowest BCUT2D eigenvalue weighted by Gasteiger charge is -2.14. The van der Waals surface area contributed by atoms with E-state index in [2.05, 4.69) is 43.8 Å². The van der Waals surface area contributed by atoms with Crippen LogP contribution < -0.4 is 10.8 Å². The quantitative estimate of drug-likeness (QED) is 0.243. The molecule has 116 valence electrons. The zero-order valence-corrected chi connectivity index (χ0v) is 15.1. The van der Waals surface area contributed by atoms with Crippen LogP contribution in [0, 0.1) is 15.2 Å². The van der Waals surface area contributed by atoms with Crippen LogP contribution in [-0.4, -0.2) is 11.1 Å². The fraction of sp³-hybridized carbons (Fsp3) is 0.